The van der Waals surface area contributed by atoms with E-state index in [9.17, 15) is 14.4 Å². The molecule has 3 aromatic rings. The Labute approximate surface area is 160 Å². The Morgan fingerprint density at radius 2 is 2.18 bits per heavy atom. The number of likely N-dealkylation sites (tertiary alicyclic amines) is 1. The minimum absolute atomic E-state index is 0.142. The molecule has 28 heavy (non-hydrogen) atoms. The summed E-state index contributed by atoms with van der Waals surface area (Å²) in [6.07, 6.45) is 3.01. The summed E-state index contributed by atoms with van der Waals surface area (Å²) in [5, 5.41) is 13.3. The second-order valence-electron chi connectivity index (χ2n) is 6.75. The molecule has 2 amide bonds. The third kappa shape index (κ3) is 3.26. The van der Waals surface area contributed by atoms with Gasteiger partial charge in [-0.2, -0.15) is 14.7 Å². The maximum absolute atomic E-state index is 12.5. The number of nitrogens with one attached hydrogen (secondary N) is 2. The van der Waals surface area contributed by atoms with Crippen molar-refractivity contribution in [2.45, 2.75) is 19.8 Å². The fourth-order valence-electron chi connectivity index (χ4n) is 3.53. The predicted molar refractivity (Wildman–Crippen MR) is 102 cm³/mol. The lowest BCUT2D eigenvalue weighted by Crippen LogP contribution is -2.35. The molecule has 0 unspecified atom stereocenters. The van der Waals surface area contributed by atoms with E-state index in [1.807, 2.05) is 13.0 Å². The quantitative estimate of drug-likeness (QED) is 0.678. The number of fused-ring (bicyclic) bond motifs is 1. The molecule has 2 N–H and O–H groups in total. The summed E-state index contributed by atoms with van der Waals surface area (Å²) in [5.41, 5.74) is 2.87. The number of benzene rings is 1. The number of H-pyrrole nitrogens is 1. The zero-order valence-corrected chi connectivity index (χ0v) is 15.4. The number of carbonyl (C=O) groups excluding carboxylic acids is 2. The first-order chi connectivity index (χ1) is 13.5. The Bertz CT molecular complexity index is 1120. The van der Waals surface area contributed by atoms with Gasteiger partial charge in [-0.1, -0.05) is 12.1 Å². The van der Waals surface area contributed by atoms with Gasteiger partial charge in [-0.05, 0) is 31.0 Å². The summed E-state index contributed by atoms with van der Waals surface area (Å²) >= 11 is 0. The molecular formula is C19H20N6O3. The van der Waals surface area contributed by atoms with E-state index < -0.39 is 5.69 Å². The third-order valence-corrected chi connectivity index (χ3v) is 4.89. The fraction of sp³-hybridized carbons (Fsp3) is 0.316. The van der Waals surface area contributed by atoms with Crippen LogP contribution in [-0.4, -0.2) is 56.2 Å². The number of nitrogens with zero attached hydrogens (tertiary/aromatic N) is 4. The van der Waals surface area contributed by atoms with E-state index in [0.29, 0.717) is 36.3 Å². The summed E-state index contributed by atoms with van der Waals surface area (Å²) in [4.78, 5) is 37.8. The normalized spacial score (nSPS) is 14.0. The van der Waals surface area contributed by atoms with E-state index in [4.69, 9.17) is 0 Å². The number of aromatic amines is 1. The number of carbonyl (C=O) groups is 2. The lowest BCUT2D eigenvalue weighted by Gasteiger charge is -2.15. The van der Waals surface area contributed by atoms with E-state index in [1.54, 1.807) is 23.1 Å². The van der Waals surface area contributed by atoms with Gasteiger partial charge in [0, 0.05) is 37.2 Å². The Kier molecular flexibility index (Phi) is 4.64. The molecule has 1 aromatic carbocycles. The van der Waals surface area contributed by atoms with Gasteiger partial charge in [0.15, 0.2) is 0 Å². The highest BCUT2D eigenvalue weighted by Gasteiger charge is 2.20. The third-order valence-electron chi connectivity index (χ3n) is 4.89. The van der Waals surface area contributed by atoms with Crippen LogP contribution in [0.15, 0.2) is 35.3 Å². The molecule has 0 radical (unpaired) electrons. The van der Waals surface area contributed by atoms with Crippen molar-refractivity contribution in [3.8, 4) is 11.1 Å². The molecule has 0 saturated carbocycles. The van der Waals surface area contributed by atoms with Crippen LogP contribution in [0.2, 0.25) is 0 Å². The van der Waals surface area contributed by atoms with Crippen LogP contribution in [0.25, 0.3) is 16.6 Å². The smallest absolute Gasteiger partial charge is 0.350 e. The van der Waals surface area contributed by atoms with Crippen LogP contribution in [0, 0.1) is 6.92 Å². The minimum Gasteiger partial charge on any atom is -0.350 e. The molecule has 1 aliphatic heterocycles. The Hall–Kier alpha value is -3.49. The second kappa shape index (κ2) is 7.26. The molecular weight excluding hydrogens is 360 g/mol. The van der Waals surface area contributed by atoms with Gasteiger partial charge in [-0.15, -0.1) is 0 Å². The van der Waals surface area contributed by atoms with E-state index in [0.717, 1.165) is 24.1 Å². The number of hydrogen-bond donors (Lipinski definition) is 2. The first kappa shape index (κ1) is 17.9. The average molecular weight is 380 g/mol. The Balaban J connectivity index is 1.54. The number of rotatable bonds is 5. The highest BCUT2D eigenvalue weighted by Crippen LogP contribution is 2.27. The topological polar surface area (TPSA) is 112 Å². The van der Waals surface area contributed by atoms with Crippen molar-refractivity contribution in [2.75, 3.05) is 19.6 Å². The number of amides is 2. The van der Waals surface area contributed by atoms with Gasteiger partial charge in [-0.3, -0.25) is 9.59 Å². The number of aryl methyl sites for hydroxylation is 1. The van der Waals surface area contributed by atoms with Crippen molar-refractivity contribution in [1.29, 1.82) is 0 Å². The molecule has 3 heterocycles. The number of aromatic nitrogens is 4. The monoisotopic (exact) mass is 380 g/mol. The zero-order chi connectivity index (χ0) is 19.7. The highest BCUT2D eigenvalue weighted by molar-refractivity contribution is 5.96. The molecule has 144 valence electrons. The van der Waals surface area contributed by atoms with Gasteiger partial charge in [0.05, 0.1) is 11.9 Å². The van der Waals surface area contributed by atoms with Crippen LogP contribution in [0.1, 0.15) is 28.9 Å². The fourth-order valence-corrected chi connectivity index (χ4v) is 3.53. The van der Waals surface area contributed by atoms with Crippen molar-refractivity contribution >= 4 is 17.3 Å². The lowest BCUT2D eigenvalue weighted by atomic mass is 10.0. The second-order valence-corrected chi connectivity index (χ2v) is 6.75. The van der Waals surface area contributed by atoms with E-state index >= 15 is 0 Å². The van der Waals surface area contributed by atoms with E-state index in [-0.39, 0.29) is 11.8 Å². The predicted octanol–water partition coefficient (Wildman–Crippen LogP) is 0.745. The zero-order valence-electron chi connectivity index (χ0n) is 15.4. The van der Waals surface area contributed by atoms with Gasteiger partial charge < -0.3 is 10.2 Å². The minimum atomic E-state index is -0.419. The van der Waals surface area contributed by atoms with Crippen LogP contribution in [0.5, 0.6) is 0 Å². The van der Waals surface area contributed by atoms with Crippen molar-refractivity contribution in [3.05, 3.63) is 52.2 Å². The van der Waals surface area contributed by atoms with Gasteiger partial charge in [-0.25, -0.2) is 9.89 Å². The van der Waals surface area contributed by atoms with E-state index in [2.05, 4.69) is 20.6 Å². The summed E-state index contributed by atoms with van der Waals surface area (Å²) < 4.78 is 1.26. The molecule has 1 fully saturated rings. The molecule has 1 saturated heterocycles. The van der Waals surface area contributed by atoms with Crippen LogP contribution in [-0.2, 0) is 4.79 Å². The van der Waals surface area contributed by atoms with Gasteiger partial charge in [0.1, 0.15) is 5.52 Å². The van der Waals surface area contributed by atoms with Crippen molar-refractivity contribution in [1.82, 2.24) is 30.0 Å². The lowest BCUT2D eigenvalue weighted by molar-refractivity contribution is -0.127. The molecule has 0 spiro atoms. The van der Waals surface area contributed by atoms with Crippen molar-refractivity contribution < 1.29 is 9.59 Å². The molecule has 9 nitrogen and oxygen atoms in total. The van der Waals surface area contributed by atoms with Crippen LogP contribution in [0.3, 0.4) is 0 Å². The first-order valence-corrected chi connectivity index (χ1v) is 9.14. The Morgan fingerprint density at radius 1 is 1.32 bits per heavy atom. The van der Waals surface area contributed by atoms with Crippen molar-refractivity contribution in [2.24, 2.45) is 0 Å². The van der Waals surface area contributed by atoms with Crippen LogP contribution >= 0.6 is 0 Å². The summed E-state index contributed by atoms with van der Waals surface area (Å²) in [6, 6.07) is 7.15. The average Bonchev–Trinajstić information content (AvgIpc) is 3.25. The maximum atomic E-state index is 12.5. The standard InChI is InChI=1S/C19H20N6O3/c1-12-17(15-11-21-22-19(28)25(15)23-12)13-4-2-5-14(10-13)18(27)20-7-9-24-8-3-6-16(24)26/h2,4-5,10-11H,3,6-9H2,1H3,(H,20,27)(H,22,28). The summed E-state index contributed by atoms with van der Waals surface area (Å²) in [5.74, 6) is -0.0676. The Morgan fingerprint density at radius 3 is 2.96 bits per heavy atom. The molecule has 0 aliphatic carbocycles. The van der Waals surface area contributed by atoms with Gasteiger partial charge >= 0.3 is 5.69 Å². The SMILES string of the molecule is Cc1nn2c(=O)[nH]ncc2c1-c1cccc(C(=O)NCCN2CCCC2=O)c1. The van der Waals surface area contributed by atoms with Crippen molar-refractivity contribution in [3.63, 3.8) is 0 Å². The largest absolute Gasteiger partial charge is 0.363 e. The van der Waals surface area contributed by atoms with Crippen LogP contribution < -0.4 is 11.0 Å². The highest BCUT2D eigenvalue weighted by atomic mass is 16.2. The first-order valence-electron chi connectivity index (χ1n) is 9.14. The molecule has 4 rings (SSSR count). The van der Waals surface area contributed by atoms with Gasteiger partial charge in [0.25, 0.3) is 5.91 Å². The van der Waals surface area contributed by atoms with Crippen LogP contribution in [0.4, 0.5) is 0 Å². The molecule has 1 aliphatic rings. The molecule has 2 aromatic heterocycles. The molecule has 0 bridgehead atoms. The number of hydrogen-bond acceptors (Lipinski definition) is 5. The maximum Gasteiger partial charge on any atom is 0.363 e. The summed E-state index contributed by atoms with van der Waals surface area (Å²) in [7, 11) is 0. The summed E-state index contributed by atoms with van der Waals surface area (Å²) in [6.45, 7) is 3.49. The molecule has 0 atom stereocenters. The molecule has 9 heteroatoms. The van der Waals surface area contributed by atoms with E-state index in [1.165, 1.54) is 10.7 Å². The van der Waals surface area contributed by atoms with Gasteiger partial charge in [0.2, 0.25) is 5.91 Å².